The minimum Gasteiger partial charge on any atom is -0.296 e. The number of amides is 1. The summed E-state index contributed by atoms with van der Waals surface area (Å²) in [7, 11) is 0. The number of carbonyl (C=O) groups excluding carboxylic acids is 1. The lowest BCUT2D eigenvalue weighted by Crippen LogP contribution is -2.13. The fourth-order valence-corrected chi connectivity index (χ4v) is 2.05. The topological polar surface area (TPSA) is 78.7 Å². The highest BCUT2D eigenvalue weighted by molar-refractivity contribution is 7.15. The molecule has 0 radical (unpaired) electrons. The van der Waals surface area contributed by atoms with Crippen molar-refractivity contribution in [2.75, 3.05) is 5.32 Å². The van der Waals surface area contributed by atoms with Gasteiger partial charge in [-0.1, -0.05) is 18.3 Å². The Morgan fingerprint density at radius 1 is 1.53 bits per heavy atom. The molecule has 1 aromatic carbocycles. The number of nitriles is 1. The monoisotopic (exact) mass is 276 g/mol. The zero-order valence-electron chi connectivity index (χ0n) is 9.98. The number of aromatic nitrogens is 2. The second-order valence-corrected chi connectivity index (χ2v) is 4.68. The van der Waals surface area contributed by atoms with Gasteiger partial charge in [0.2, 0.25) is 5.13 Å². The average molecular weight is 276 g/mol. The number of hydrogen-bond acceptors (Lipinski definition) is 5. The molecule has 0 aliphatic heterocycles. The Morgan fingerprint density at radius 2 is 2.32 bits per heavy atom. The Hall–Kier alpha value is -2.33. The van der Waals surface area contributed by atoms with Gasteiger partial charge in [0.25, 0.3) is 5.91 Å². The predicted molar refractivity (Wildman–Crippen MR) is 68.4 cm³/mol. The molecule has 7 heteroatoms. The van der Waals surface area contributed by atoms with Crippen LogP contribution < -0.4 is 5.32 Å². The van der Waals surface area contributed by atoms with E-state index in [0.717, 1.165) is 17.5 Å². The molecule has 96 valence electrons. The number of aryl methyl sites for hydroxylation is 1. The van der Waals surface area contributed by atoms with Gasteiger partial charge < -0.3 is 0 Å². The van der Waals surface area contributed by atoms with E-state index in [1.54, 1.807) is 6.07 Å². The highest BCUT2D eigenvalue weighted by atomic mass is 32.1. The van der Waals surface area contributed by atoms with E-state index in [2.05, 4.69) is 15.5 Å². The van der Waals surface area contributed by atoms with Crippen molar-refractivity contribution in [3.63, 3.8) is 0 Å². The van der Waals surface area contributed by atoms with Crippen LogP contribution in [0, 0.1) is 17.1 Å². The van der Waals surface area contributed by atoms with E-state index < -0.39 is 11.7 Å². The normalized spacial score (nSPS) is 9.95. The van der Waals surface area contributed by atoms with Gasteiger partial charge in [0.05, 0.1) is 17.2 Å². The molecule has 2 aromatic rings. The largest absolute Gasteiger partial charge is 0.296 e. The lowest BCUT2D eigenvalue weighted by atomic mass is 10.1. The van der Waals surface area contributed by atoms with Crippen LogP contribution in [-0.2, 0) is 6.42 Å². The van der Waals surface area contributed by atoms with Gasteiger partial charge in [0.1, 0.15) is 10.8 Å². The molecule has 0 aliphatic carbocycles. The summed E-state index contributed by atoms with van der Waals surface area (Å²) in [5.74, 6) is -1.35. The highest BCUT2D eigenvalue weighted by Gasteiger charge is 2.14. The first kappa shape index (κ1) is 13.1. The Kier molecular flexibility index (Phi) is 3.82. The zero-order valence-corrected chi connectivity index (χ0v) is 10.8. The van der Waals surface area contributed by atoms with Crippen molar-refractivity contribution in [2.24, 2.45) is 0 Å². The molecule has 0 fully saturated rings. The average Bonchev–Trinajstić information content (AvgIpc) is 2.86. The van der Waals surface area contributed by atoms with Crippen molar-refractivity contribution >= 4 is 22.4 Å². The fraction of sp³-hybridized carbons (Fsp3) is 0.167. The Labute approximate surface area is 112 Å². The molecule has 1 heterocycles. The van der Waals surface area contributed by atoms with Crippen LogP contribution >= 0.6 is 11.3 Å². The standard InChI is InChI=1S/C12H9FN4OS/c1-2-10-16-17-12(19-10)15-11(18)8-4-3-7(6-14)5-9(8)13/h3-5H,2H2,1H3,(H,15,17,18). The van der Waals surface area contributed by atoms with Gasteiger partial charge in [0, 0.05) is 0 Å². The molecule has 0 saturated carbocycles. The van der Waals surface area contributed by atoms with Crippen molar-refractivity contribution in [2.45, 2.75) is 13.3 Å². The summed E-state index contributed by atoms with van der Waals surface area (Å²) < 4.78 is 13.6. The van der Waals surface area contributed by atoms with Gasteiger partial charge in [-0.25, -0.2) is 4.39 Å². The zero-order chi connectivity index (χ0) is 13.8. The highest BCUT2D eigenvalue weighted by Crippen LogP contribution is 2.17. The minimum atomic E-state index is -0.739. The number of nitrogens with one attached hydrogen (secondary N) is 1. The Balaban J connectivity index is 2.18. The van der Waals surface area contributed by atoms with Crippen molar-refractivity contribution in [1.82, 2.24) is 10.2 Å². The molecule has 0 saturated heterocycles. The van der Waals surface area contributed by atoms with E-state index in [9.17, 15) is 9.18 Å². The van der Waals surface area contributed by atoms with E-state index in [0.29, 0.717) is 5.13 Å². The first-order valence-corrected chi connectivity index (χ1v) is 6.29. The number of hydrogen-bond donors (Lipinski definition) is 1. The van der Waals surface area contributed by atoms with Crippen LogP contribution in [0.15, 0.2) is 18.2 Å². The number of benzene rings is 1. The minimum absolute atomic E-state index is 0.132. The van der Waals surface area contributed by atoms with Crippen molar-refractivity contribution in [3.05, 3.63) is 40.2 Å². The van der Waals surface area contributed by atoms with Crippen LogP contribution in [0.25, 0.3) is 0 Å². The van der Waals surface area contributed by atoms with Crippen LogP contribution in [0.5, 0.6) is 0 Å². The molecule has 1 amide bonds. The van der Waals surface area contributed by atoms with Crippen molar-refractivity contribution in [1.29, 1.82) is 5.26 Å². The second-order valence-electron chi connectivity index (χ2n) is 3.62. The third-order valence-electron chi connectivity index (χ3n) is 2.33. The van der Waals surface area contributed by atoms with E-state index in [-0.39, 0.29) is 11.1 Å². The summed E-state index contributed by atoms with van der Waals surface area (Å²) >= 11 is 1.24. The summed E-state index contributed by atoms with van der Waals surface area (Å²) in [5, 5.41) is 19.8. The molecule has 0 bridgehead atoms. The number of anilines is 1. The van der Waals surface area contributed by atoms with Crippen molar-refractivity contribution in [3.8, 4) is 6.07 Å². The Morgan fingerprint density at radius 3 is 2.89 bits per heavy atom. The van der Waals surface area contributed by atoms with Crippen LogP contribution in [0.4, 0.5) is 9.52 Å². The molecule has 0 spiro atoms. The number of carbonyl (C=O) groups is 1. The fourth-order valence-electron chi connectivity index (χ4n) is 1.38. The molecule has 2 rings (SSSR count). The lowest BCUT2D eigenvalue weighted by molar-refractivity contribution is 0.102. The molecular weight excluding hydrogens is 267 g/mol. The van der Waals surface area contributed by atoms with E-state index in [1.165, 1.54) is 23.5 Å². The van der Waals surface area contributed by atoms with E-state index >= 15 is 0 Å². The van der Waals surface area contributed by atoms with Gasteiger partial charge >= 0.3 is 0 Å². The maximum absolute atomic E-state index is 13.6. The van der Waals surface area contributed by atoms with Gasteiger partial charge in [-0.15, -0.1) is 10.2 Å². The van der Waals surface area contributed by atoms with Gasteiger partial charge in [-0.05, 0) is 24.6 Å². The SMILES string of the molecule is CCc1nnc(NC(=O)c2ccc(C#N)cc2F)s1. The third kappa shape index (κ3) is 2.92. The third-order valence-corrected chi connectivity index (χ3v) is 3.32. The lowest BCUT2D eigenvalue weighted by Gasteiger charge is -2.02. The van der Waals surface area contributed by atoms with Crippen LogP contribution in [-0.4, -0.2) is 16.1 Å². The molecule has 5 nitrogen and oxygen atoms in total. The second kappa shape index (κ2) is 5.54. The Bertz CT molecular complexity index is 662. The summed E-state index contributed by atoms with van der Waals surface area (Å²) in [5.41, 5.74) is 0.0329. The van der Waals surface area contributed by atoms with Crippen LogP contribution in [0.3, 0.4) is 0 Å². The van der Waals surface area contributed by atoms with E-state index in [1.807, 2.05) is 6.92 Å². The molecular formula is C12H9FN4OS. The molecule has 0 aliphatic rings. The quantitative estimate of drug-likeness (QED) is 0.933. The van der Waals surface area contributed by atoms with Gasteiger partial charge in [-0.3, -0.25) is 10.1 Å². The predicted octanol–water partition coefficient (Wildman–Crippen LogP) is 2.36. The first-order valence-electron chi connectivity index (χ1n) is 5.47. The maximum Gasteiger partial charge on any atom is 0.260 e. The molecule has 19 heavy (non-hydrogen) atoms. The smallest absolute Gasteiger partial charge is 0.260 e. The molecule has 1 N–H and O–H groups in total. The maximum atomic E-state index is 13.6. The summed E-state index contributed by atoms with van der Waals surface area (Å²) in [6.45, 7) is 1.92. The summed E-state index contributed by atoms with van der Waals surface area (Å²) in [6, 6.07) is 5.48. The van der Waals surface area contributed by atoms with Gasteiger partial charge in [0.15, 0.2) is 0 Å². The summed E-state index contributed by atoms with van der Waals surface area (Å²) in [6.07, 6.45) is 0.721. The molecule has 0 unspecified atom stereocenters. The van der Waals surface area contributed by atoms with Crippen LogP contribution in [0.2, 0.25) is 0 Å². The first-order chi connectivity index (χ1) is 9.13. The van der Waals surface area contributed by atoms with E-state index in [4.69, 9.17) is 5.26 Å². The number of nitrogens with zero attached hydrogens (tertiary/aromatic N) is 3. The van der Waals surface area contributed by atoms with Crippen LogP contribution in [0.1, 0.15) is 27.9 Å². The van der Waals surface area contributed by atoms with Crippen molar-refractivity contribution < 1.29 is 9.18 Å². The molecule has 1 aromatic heterocycles. The number of rotatable bonds is 3. The van der Waals surface area contributed by atoms with Gasteiger partial charge in [-0.2, -0.15) is 5.26 Å². The summed E-state index contributed by atoms with van der Waals surface area (Å²) in [4.78, 5) is 11.8. The number of halogens is 1. The molecule has 0 atom stereocenters.